The molecule has 1 nitrogen and oxygen atoms in total. The Kier molecular flexibility index (Phi) is 6.47. The number of benzene rings is 1. The van der Waals surface area contributed by atoms with Gasteiger partial charge in [0.1, 0.15) is 0 Å². The molecule has 1 unspecified atom stereocenters. The molecule has 0 heterocycles. The van der Waals surface area contributed by atoms with Crippen molar-refractivity contribution in [1.82, 2.24) is 0 Å². The predicted molar refractivity (Wildman–Crippen MR) is 79.5 cm³/mol. The van der Waals surface area contributed by atoms with Crippen molar-refractivity contribution < 1.29 is 18.9 Å². The van der Waals surface area contributed by atoms with Crippen LogP contribution in [0, 0.1) is 5.92 Å². The molecule has 1 aromatic rings. The third kappa shape index (κ3) is 3.59. The van der Waals surface area contributed by atoms with Crippen LogP contribution >= 0.6 is 11.6 Å². The molecule has 19 heavy (non-hydrogen) atoms. The van der Waals surface area contributed by atoms with Crippen molar-refractivity contribution in [2.45, 2.75) is 51.0 Å². The summed E-state index contributed by atoms with van der Waals surface area (Å²) in [6, 6.07) is 8.87. The Labute approximate surface area is 134 Å². The van der Waals surface area contributed by atoms with Crippen LogP contribution in [0.3, 0.4) is 0 Å². The molecule has 1 aliphatic carbocycles. The van der Waals surface area contributed by atoms with Crippen molar-refractivity contribution in [3.8, 4) is 0 Å². The van der Waals surface area contributed by atoms with Gasteiger partial charge in [-0.25, -0.2) is 0 Å². The normalized spacial score (nSPS) is 18.6. The number of hydrogen-bond acceptors (Lipinski definition) is 0. The Morgan fingerprint density at radius 1 is 1.21 bits per heavy atom. The molecule has 1 fully saturated rings. The van der Waals surface area contributed by atoms with E-state index in [-0.39, 0.29) is 24.3 Å². The van der Waals surface area contributed by atoms with Gasteiger partial charge in [0.15, 0.2) is 0 Å². The van der Waals surface area contributed by atoms with E-state index in [4.69, 9.17) is 11.6 Å². The molecule has 1 atom stereocenters. The summed E-state index contributed by atoms with van der Waals surface area (Å²) in [4.78, 5) is 0. The molecule has 2 rings (SSSR count). The molecular weight excluding hydrogens is 249 g/mol. The van der Waals surface area contributed by atoms with Crippen LogP contribution in [0.25, 0.3) is 5.32 Å². The van der Waals surface area contributed by atoms with Crippen molar-refractivity contribution >= 4 is 11.6 Å². The quantitative estimate of drug-likeness (QED) is 0.729. The third-order valence-electron chi connectivity index (χ3n) is 4.31. The molecule has 1 aliphatic rings. The van der Waals surface area contributed by atoms with E-state index in [1.165, 1.54) is 31.2 Å². The molecule has 0 N–H and O–H groups in total. The summed E-state index contributed by atoms with van der Waals surface area (Å²) in [7, 11) is 1.98. The Morgan fingerprint density at radius 3 is 2.16 bits per heavy atom. The zero-order valence-corrected chi connectivity index (χ0v) is 13.4. The molecule has 1 saturated carbocycles. The molecule has 0 spiro atoms. The van der Waals surface area contributed by atoms with Crippen LogP contribution in [0.5, 0.6) is 0 Å². The predicted octanol–water partition coefficient (Wildman–Crippen LogP) is 2.18. The first-order valence-electron chi connectivity index (χ1n) is 6.93. The van der Waals surface area contributed by atoms with Gasteiger partial charge in [-0.05, 0) is 41.9 Å². The van der Waals surface area contributed by atoms with Crippen molar-refractivity contribution in [2.75, 3.05) is 7.05 Å². The Balaban J connectivity index is 0.00000180. The molecule has 0 radical (unpaired) electrons. The van der Waals surface area contributed by atoms with Crippen LogP contribution in [0.1, 0.15) is 45.1 Å². The molecule has 1 aromatic carbocycles. The van der Waals surface area contributed by atoms with Crippen molar-refractivity contribution in [3.63, 3.8) is 0 Å². The zero-order valence-electron chi connectivity index (χ0n) is 12.6. The van der Waals surface area contributed by atoms with Gasteiger partial charge in [-0.15, -0.1) is 6.04 Å². The number of nitrogens with zero attached hydrogens (tertiary/aromatic N) is 1. The average molecular weight is 272 g/mol. The number of halogens is 1. The first kappa shape index (κ1) is 17.1. The zero-order chi connectivity index (χ0) is 13.2. The van der Waals surface area contributed by atoms with Crippen LogP contribution in [-0.4, -0.2) is 13.1 Å². The second-order valence-corrected chi connectivity index (χ2v) is 6.36. The largest absolute Gasteiger partial charge is 1.00 e. The summed E-state index contributed by atoms with van der Waals surface area (Å²) in [6.45, 7) is 4.57. The van der Waals surface area contributed by atoms with Gasteiger partial charge < -0.3 is 5.32 Å². The van der Waals surface area contributed by atoms with Crippen molar-refractivity contribution in [1.29, 1.82) is 0 Å². The summed E-state index contributed by atoms with van der Waals surface area (Å²) in [5.74, 6) is 0.698. The summed E-state index contributed by atoms with van der Waals surface area (Å²) in [6.07, 6.45) is 5.04. The van der Waals surface area contributed by atoms with Gasteiger partial charge >= 0.3 is 18.9 Å². The van der Waals surface area contributed by atoms with Gasteiger partial charge in [-0.3, -0.25) is 0 Å². The maximum absolute atomic E-state index is 6.00. The molecular formula is C16H23ClLiN. The van der Waals surface area contributed by atoms with E-state index in [0.29, 0.717) is 12.0 Å². The Morgan fingerprint density at radius 2 is 1.79 bits per heavy atom. The molecule has 0 aliphatic heterocycles. The van der Waals surface area contributed by atoms with Crippen LogP contribution in [0.2, 0.25) is 5.02 Å². The van der Waals surface area contributed by atoms with E-state index in [1.54, 1.807) is 0 Å². The number of rotatable bonds is 5. The molecule has 3 heteroatoms. The van der Waals surface area contributed by atoms with E-state index >= 15 is 0 Å². The van der Waals surface area contributed by atoms with Crippen LogP contribution < -0.4 is 18.9 Å². The van der Waals surface area contributed by atoms with Crippen molar-refractivity contribution in [3.05, 3.63) is 40.2 Å². The molecule has 100 valence electrons. The summed E-state index contributed by atoms with van der Waals surface area (Å²) >= 11 is 6.00. The standard InChI is InChI=1S/C16H23ClN.Li/c1-12(2)11-15(18-3)16(9-4-10-16)13-5-7-14(17)8-6-13;/h5-8,12,15H,4,9-11H2,1-3H3;/q-1;+1. The van der Waals surface area contributed by atoms with Gasteiger partial charge in [0.05, 0.1) is 0 Å². The SMILES string of the molecule is C[N-]C(CC(C)C)C1(c2ccc(Cl)cc2)CCC1.[Li+]. The smallest absolute Gasteiger partial charge is 0.662 e. The molecule has 0 bridgehead atoms. The summed E-state index contributed by atoms with van der Waals surface area (Å²) in [5.41, 5.74) is 1.71. The summed E-state index contributed by atoms with van der Waals surface area (Å²) < 4.78 is 0. The van der Waals surface area contributed by atoms with Gasteiger partial charge in [0, 0.05) is 5.02 Å². The van der Waals surface area contributed by atoms with E-state index < -0.39 is 0 Å². The first-order chi connectivity index (χ1) is 8.58. The second-order valence-electron chi connectivity index (χ2n) is 5.92. The topological polar surface area (TPSA) is 14.1 Å². The average Bonchev–Trinajstić information content (AvgIpc) is 2.28. The Hall–Kier alpha value is 0.0674. The Bertz CT molecular complexity index is 384. The van der Waals surface area contributed by atoms with Crippen LogP contribution in [0.15, 0.2) is 24.3 Å². The van der Waals surface area contributed by atoms with E-state index in [0.717, 1.165) is 5.02 Å². The van der Waals surface area contributed by atoms with Gasteiger partial charge in [-0.1, -0.05) is 50.4 Å². The van der Waals surface area contributed by atoms with Gasteiger partial charge in [0.25, 0.3) is 0 Å². The van der Waals surface area contributed by atoms with Crippen molar-refractivity contribution in [2.24, 2.45) is 5.92 Å². The maximum atomic E-state index is 6.00. The fourth-order valence-electron chi connectivity index (χ4n) is 3.18. The first-order valence-corrected chi connectivity index (χ1v) is 7.31. The fourth-order valence-corrected chi connectivity index (χ4v) is 3.30. The van der Waals surface area contributed by atoms with E-state index in [2.05, 4.69) is 31.3 Å². The minimum absolute atomic E-state index is 0. The van der Waals surface area contributed by atoms with E-state index in [9.17, 15) is 0 Å². The van der Waals surface area contributed by atoms with Gasteiger partial charge in [-0.2, -0.15) is 7.05 Å². The molecule has 0 amide bonds. The van der Waals surface area contributed by atoms with E-state index in [1.807, 2.05) is 19.2 Å². The molecule has 0 saturated heterocycles. The number of likely N-dealkylation sites (N-methyl/N-ethyl adjacent to an activating group) is 1. The fraction of sp³-hybridized carbons (Fsp3) is 0.625. The maximum Gasteiger partial charge on any atom is 1.00 e. The van der Waals surface area contributed by atoms with Crippen LogP contribution in [-0.2, 0) is 5.41 Å². The second kappa shape index (κ2) is 7.18. The van der Waals surface area contributed by atoms with Gasteiger partial charge in [0.2, 0.25) is 0 Å². The minimum atomic E-state index is 0. The summed E-state index contributed by atoms with van der Waals surface area (Å²) in [5, 5.41) is 5.51. The molecule has 0 aromatic heterocycles. The monoisotopic (exact) mass is 271 g/mol. The number of hydrogen-bond donors (Lipinski definition) is 0. The third-order valence-corrected chi connectivity index (χ3v) is 4.56. The van der Waals surface area contributed by atoms with Crippen LogP contribution in [0.4, 0.5) is 0 Å². The minimum Gasteiger partial charge on any atom is -0.662 e.